The van der Waals surface area contributed by atoms with Gasteiger partial charge in [0, 0.05) is 22.8 Å². The molecular formula is C21H24BrN3O3S. The minimum atomic E-state index is -0.384. The summed E-state index contributed by atoms with van der Waals surface area (Å²) in [6, 6.07) is 12.1. The number of rotatable bonds is 7. The number of hydrogen-bond donors (Lipinski definition) is 3. The van der Waals surface area contributed by atoms with E-state index < -0.39 is 0 Å². The van der Waals surface area contributed by atoms with Gasteiger partial charge < -0.3 is 15.4 Å². The van der Waals surface area contributed by atoms with Crippen LogP contribution in [0.2, 0.25) is 0 Å². The number of amides is 2. The Hall–Kier alpha value is -2.45. The molecule has 0 spiro atoms. The van der Waals surface area contributed by atoms with Crippen LogP contribution < -0.4 is 20.7 Å². The lowest BCUT2D eigenvalue weighted by atomic mass is 10.1. The fourth-order valence-electron chi connectivity index (χ4n) is 2.43. The molecule has 0 saturated carbocycles. The standard InChI is InChI=1S/C21H24BrN3O3S/c1-13(2)9-10-28-18-8-7-15(22)12-17(18)20(27)25-21(29)24-16-6-4-5-14(11-16)19(26)23-3/h4-8,11-13H,9-10H2,1-3H3,(H,23,26)(H2,24,25,27,29). The van der Waals surface area contributed by atoms with E-state index in [1.165, 1.54) is 0 Å². The number of carbonyl (C=O) groups is 2. The van der Waals surface area contributed by atoms with Crippen molar-refractivity contribution >= 4 is 50.8 Å². The second kappa shape index (κ2) is 10.9. The van der Waals surface area contributed by atoms with Gasteiger partial charge in [0.05, 0.1) is 12.2 Å². The van der Waals surface area contributed by atoms with Gasteiger partial charge in [0.25, 0.3) is 11.8 Å². The van der Waals surface area contributed by atoms with Crippen molar-refractivity contribution in [1.82, 2.24) is 10.6 Å². The molecule has 2 amide bonds. The van der Waals surface area contributed by atoms with Gasteiger partial charge in [-0.05, 0) is 61.0 Å². The second-order valence-electron chi connectivity index (χ2n) is 6.74. The lowest BCUT2D eigenvalue weighted by Crippen LogP contribution is -2.34. The summed E-state index contributed by atoms with van der Waals surface area (Å²) in [5, 5.41) is 8.26. The molecule has 8 heteroatoms. The van der Waals surface area contributed by atoms with Crippen molar-refractivity contribution in [2.24, 2.45) is 5.92 Å². The van der Waals surface area contributed by atoms with Crippen LogP contribution in [0.4, 0.5) is 5.69 Å². The molecule has 29 heavy (non-hydrogen) atoms. The number of ether oxygens (including phenoxy) is 1. The molecule has 154 valence electrons. The highest BCUT2D eigenvalue weighted by Crippen LogP contribution is 2.24. The molecular weight excluding hydrogens is 454 g/mol. The molecule has 0 unspecified atom stereocenters. The molecule has 3 N–H and O–H groups in total. The Balaban J connectivity index is 2.07. The van der Waals surface area contributed by atoms with Crippen LogP contribution in [0.1, 0.15) is 41.0 Å². The Morgan fingerprint density at radius 1 is 1.14 bits per heavy atom. The van der Waals surface area contributed by atoms with Crippen molar-refractivity contribution in [1.29, 1.82) is 0 Å². The van der Waals surface area contributed by atoms with Crippen molar-refractivity contribution in [3.63, 3.8) is 0 Å². The molecule has 2 rings (SSSR count). The van der Waals surface area contributed by atoms with Gasteiger partial charge in [0.2, 0.25) is 0 Å². The SMILES string of the molecule is CNC(=O)c1cccc(NC(=S)NC(=O)c2cc(Br)ccc2OCCC(C)C)c1. The third kappa shape index (κ3) is 7.14. The van der Waals surface area contributed by atoms with E-state index in [1.54, 1.807) is 43.4 Å². The van der Waals surface area contributed by atoms with Crippen LogP contribution in [0, 0.1) is 5.92 Å². The first-order valence-electron chi connectivity index (χ1n) is 9.17. The van der Waals surface area contributed by atoms with Crippen molar-refractivity contribution in [3.05, 3.63) is 58.1 Å². The number of anilines is 1. The van der Waals surface area contributed by atoms with E-state index in [-0.39, 0.29) is 16.9 Å². The zero-order valence-corrected chi connectivity index (χ0v) is 18.9. The summed E-state index contributed by atoms with van der Waals surface area (Å²) in [4.78, 5) is 24.5. The van der Waals surface area contributed by atoms with Crippen LogP contribution in [0.5, 0.6) is 5.75 Å². The minimum absolute atomic E-state index is 0.122. The van der Waals surface area contributed by atoms with E-state index in [0.717, 1.165) is 10.9 Å². The topological polar surface area (TPSA) is 79.5 Å². The highest BCUT2D eigenvalue weighted by molar-refractivity contribution is 9.10. The number of halogens is 1. The summed E-state index contributed by atoms with van der Waals surface area (Å²) in [7, 11) is 1.56. The molecule has 2 aromatic rings. The van der Waals surface area contributed by atoms with Crippen molar-refractivity contribution < 1.29 is 14.3 Å². The number of thiocarbonyl (C=S) groups is 1. The molecule has 0 aliphatic heterocycles. The monoisotopic (exact) mass is 477 g/mol. The third-order valence-electron chi connectivity index (χ3n) is 3.98. The van der Waals surface area contributed by atoms with E-state index in [2.05, 4.69) is 45.7 Å². The van der Waals surface area contributed by atoms with Gasteiger partial charge in [0.1, 0.15) is 5.75 Å². The Labute approximate surface area is 184 Å². The molecule has 0 bridgehead atoms. The molecule has 0 aliphatic carbocycles. The average Bonchev–Trinajstić information content (AvgIpc) is 2.68. The summed E-state index contributed by atoms with van der Waals surface area (Å²) >= 11 is 8.63. The van der Waals surface area contributed by atoms with E-state index in [4.69, 9.17) is 17.0 Å². The van der Waals surface area contributed by atoms with Gasteiger partial charge in [-0.25, -0.2) is 0 Å². The lowest BCUT2D eigenvalue weighted by Gasteiger charge is -2.14. The van der Waals surface area contributed by atoms with E-state index in [1.807, 2.05) is 6.07 Å². The Bertz CT molecular complexity index is 902. The zero-order chi connectivity index (χ0) is 21.4. The van der Waals surface area contributed by atoms with Crippen molar-refractivity contribution in [3.8, 4) is 5.75 Å². The lowest BCUT2D eigenvalue weighted by molar-refractivity contribution is 0.0958. The Morgan fingerprint density at radius 3 is 2.59 bits per heavy atom. The highest BCUT2D eigenvalue weighted by Gasteiger charge is 2.15. The van der Waals surface area contributed by atoms with Gasteiger partial charge in [-0.15, -0.1) is 0 Å². The summed E-state index contributed by atoms with van der Waals surface area (Å²) in [6.45, 7) is 4.75. The molecule has 6 nitrogen and oxygen atoms in total. The first-order chi connectivity index (χ1) is 13.8. The fourth-order valence-corrected chi connectivity index (χ4v) is 3.00. The predicted molar refractivity (Wildman–Crippen MR) is 123 cm³/mol. The fraction of sp³-hybridized carbons (Fsp3) is 0.286. The number of benzene rings is 2. The maximum Gasteiger partial charge on any atom is 0.261 e. The van der Waals surface area contributed by atoms with E-state index in [9.17, 15) is 9.59 Å². The predicted octanol–water partition coefficient (Wildman–Crippen LogP) is 4.36. The summed E-state index contributed by atoms with van der Waals surface area (Å²) < 4.78 is 6.55. The summed E-state index contributed by atoms with van der Waals surface area (Å²) in [6.07, 6.45) is 0.888. The summed E-state index contributed by atoms with van der Waals surface area (Å²) in [5.41, 5.74) is 1.46. The number of hydrogen-bond acceptors (Lipinski definition) is 4. The van der Waals surface area contributed by atoms with Gasteiger partial charge >= 0.3 is 0 Å². The van der Waals surface area contributed by atoms with E-state index in [0.29, 0.717) is 35.1 Å². The quantitative estimate of drug-likeness (QED) is 0.516. The smallest absolute Gasteiger partial charge is 0.261 e. The second-order valence-corrected chi connectivity index (χ2v) is 8.06. The molecule has 0 radical (unpaired) electrons. The highest BCUT2D eigenvalue weighted by atomic mass is 79.9. The van der Waals surface area contributed by atoms with Crippen LogP contribution >= 0.6 is 28.1 Å². The van der Waals surface area contributed by atoms with Crippen LogP contribution in [0.25, 0.3) is 0 Å². The molecule has 0 fully saturated rings. The maximum atomic E-state index is 12.7. The molecule has 0 atom stereocenters. The molecule has 0 heterocycles. The first kappa shape index (κ1) is 22.8. The molecule has 2 aromatic carbocycles. The van der Waals surface area contributed by atoms with Crippen molar-refractivity contribution in [2.75, 3.05) is 19.0 Å². The molecule has 0 saturated heterocycles. The zero-order valence-electron chi connectivity index (χ0n) is 16.5. The van der Waals surface area contributed by atoms with Gasteiger partial charge in [-0.1, -0.05) is 35.8 Å². The van der Waals surface area contributed by atoms with Crippen LogP contribution in [0.3, 0.4) is 0 Å². The molecule has 0 aliphatic rings. The molecule has 0 aromatic heterocycles. The van der Waals surface area contributed by atoms with Gasteiger partial charge in [-0.3, -0.25) is 14.9 Å². The van der Waals surface area contributed by atoms with Crippen LogP contribution in [0.15, 0.2) is 46.9 Å². The summed E-state index contributed by atoms with van der Waals surface area (Å²) in [5.74, 6) is 0.410. The number of carbonyl (C=O) groups excluding carboxylic acids is 2. The largest absolute Gasteiger partial charge is 0.493 e. The van der Waals surface area contributed by atoms with Crippen molar-refractivity contribution in [2.45, 2.75) is 20.3 Å². The first-order valence-corrected chi connectivity index (χ1v) is 10.4. The normalized spacial score (nSPS) is 10.4. The van der Waals surface area contributed by atoms with Gasteiger partial charge in [-0.2, -0.15) is 0 Å². The minimum Gasteiger partial charge on any atom is -0.493 e. The van der Waals surface area contributed by atoms with Gasteiger partial charge in [0.15, 0.2) is 5.11 Å². The maximum absolute atomic E-state index is 12.7. The van der Waals surface area contributed by atoms with Crippen LogP contribution in [-0.2, 0) is 0 Å². The average molecular weight is 478 g/mol. The number of nitrogens with one attached hydrogen (secondary N) is 3. The Kier molecular flexibility index (Phi) is 8.60. The van der Waals surface area contributed by atoms with E-state index >= 15 is 0 Å². The van der Waals surface area contributed by atoms with Crippen LogP contribution in [-0.4, -0.2) is 30.6 Å². The Morgan fingerprint density at radius 2 is 1.90 bits per heavy atom. The third-order valence-corrected chi connectivity index (χ3v) is 4.67.